The number of likely N-dealkylation sites (tertiary alicyclic amines) is 1. The maximum absolute atomic E-state index is 14.4. The van der Waals surface area contributed by atoms with Gasteiger partial charge in [0.1, 0.15) is 28.8 Å². The van der Waals surface area contributed by atoms with E-state index in [0.717, 1.165) is 31.6 Å². The zero-order valence-electron chi connectivity index (χ0n) is 31.6. The van der Waals surface area contributed by atoms with E-state index in [9.17, 15) is 19.2 Å². The molecular formula is C41H55NO7. The first kappa shape index (κ1) is 35.6. The minimum atomic E-state index is -1.23. The quantitative estimate of drug-likeness (QED) is 0.214. The molecule has 0 N–H and O–H groups in total. The molecule has 1 fully saturated rings. The summed E-state index contributed by atoms with van der Waals surface area (Å²) in [4.78, 5) is 59.0. The Morgan fingerprint density at radius 2 is 1.18 bits per heavy atom. The Bertz CT molecular complexity index is 1710. The number of hydrogen-bond acceptors (Lipinski definition) is 8. The van der Waals surface area contributed by atoms with Gasteiger partial charge in [0.2, 0.25) is 0 Å². The maximum Gasteiger partial charge on any atom is 0.175 e. The zero-order valence-corrected chi connectivity index (χ0v) is 31.6. The molecule has 1 aromatic carbocycles. The van der Waals surface area contributed by atoms with Crippen LogP contribution in [0, 0.1) is 33.5 Å². The third kappa shape index (κ3) is 5.09. The molecule has 2 atom stereocenters. The van der Waals surface area contributed by atoms with Crippen LogP contribution in [0.5, 0.6) is 17.2 Å². The normalized spacial score (nSPS) is 26.7. The summed E-state index contributed by atoms with van der Waals surface area (Å²) < 4.78 is 20.4. The average Bonchev–Trinajstić information content (AvgIpc) is 3.55. The van der Waals surface area contributed by atoms with E-state index in [1.165, 1.54) is 12.8 Å². The van der Waals surface area contributed by atoms with Crippen molar-refractivity contribution >= 4 is 23.1 Å². The minimum absolute atomic E-state index is 0.0509. The highest BCUT2D eigenvalue weighted by Crippen LogP contribution is 2.63. The third-order valence-electron chi connectivity index (χ3n) is 11.9. The Labute approximate surface area is 292 Å². The Morgan fingerprint density at radius 3 is 1.67 bits per heavy atom. The van der Waals surface area contributed by atoms with E-state index >= 15 is 0 Å². The molecule has 1 saturated heterocycles. The zero-order chi connectivity index (χ0) is 36.2. The van der Waals surface area contributed by atoms with Crippen molar-refractivity contribution in [2.24, 2.45) is 33.5 Å². The van der Waals surface area contributed by atoms with Crippen LogP contribution in [0.4, 0.5) is 0 Å². The second-order valence-electron chi connectivity index (χ2n) is 17.7. The fraction of sp³-hybridized carbons (Fsp3) is 0.659. The molecule has 0 bridgehead atoms. The summed E-state index contributed by atoms with van der Waals surface area (Å²) >= 11 is 0. The SMILES string of the molecule is CC(C)[C@@H]1C2=C(Oc3c1c(OCCCN1CCCC1)cc1c3[C@@H](C(C)C)C3=C(O1)C(C)(C)C(=O)C(C)(C)C3=O)C(C)(C)C(=O)C(C)(C)C2=O. The van der Waals surface area contributed by atoms with Crippen molar-refractivity contribution in [3.8, 4) is 17.2 Å². The molecule has 8 heteroatoms. The molecule has 0 radical (unpaired) electrons. The van der Waals surface area contributed by atoms with Crippen LogP contribution in [-0.4, -0.2) is 54.3 Å². The van der Waals surface area contributed by atoms with E-state index in [1.54, 1.807) is 27.7 Å². The molecule has 2 aliphatic carbocycles. The smallest absolute Gasteiger partial charge is 0.175 e. The molecule has 49 heavy (non-hydrogen) atoms. The monoisotopic (exact) mass is 673 g/mol. The Morgan fingerprint density at radius 1 is 0.714 bits per heavy atom. The van der Waals surface area contributed by atoms with Crippen LogP contribution in [0.15, 0.2) is 28.7 Å². The topological polar surface area (TPSA) is 99.2 Å². The number of ether oxygens (including phenoxy) is 3. The Hall–Kier alpha value is -3.26. The number of hydrogen-bond donors (Lipinski definition) is 0. The second-order valence-corrected chi connectivity index (χ2v) is 17.7. The van der Waals surface area contributed by atoms with Crippen LogP contribution in [0.1, 0.15) is 125 Å². The Balaban J connectivity index is 1.60. The largest absolute Gasteiger partial charge is 0.493 e. The summed E-state index contributed by atoms with van der Waals surface area (Å²) in [5, 5.41) is 0. The van der Waals surface area contributed by atoms with Crippen LogP contribution in [0.3, 0.4) is 0 Å². The minimum Gasteiger partial charge on any atom is -0.493 e. The van der Waals surface area contributed by atoms with Gasteiger partial charge in [-0.1, -0.05) is 27.7 Å². The summed E-state index contributed by atoms with van der Waals surface area (Å²) in [5.74, 6) is 0.467. The van der Waals surface area contributed by atoms with Gasteiger partial charge < -0.3 is 19.1 Å². The lowest BCUT2D eigenvalue weighted by molar-refractivity contribution is -0.146. The first-order chi connectivity index (χ1) is 22.7. The number of carbonyl (C=O) groups is 4. The van der Waals surface area contributed by atoms with Crippen LogP contribution in [0.25, 0.3) is 0 Å². The van der Waals surface area contributed by atoms with Gasteiger partial charge in [-0.2, -0.15) is 0 Å². The summed E-state index contributed by atoms with van der Waals surface area (Å²) in [7, 11) is 0. The molecule has 1 aromatic rings. The third-order valence-corrected chi connectivity index (χ3v) is 11.9. The van der Waals surface area contributed by atoms with E-state index in [-0.39, 0.29) is 35.0 Å². The molecule has 5 aliphatic rings. The van der Waals surface area contributed by atoms with Crippen LogP contribution in [-0.2, 0) is 19.2 Å². The molecule has 6 rings (SSSR count). The van der Waals surface area contributed by atoms with E-state index in [2.05, 4.69) is 32.6 Å². The van der Waals surface area contributed by atoms with Gasteiger partial charge >= 0.3 is 0 Å². The lowest BCUT2D eigenvalue weighted by Gasteiger charge is -2.48. The molecule has 0 unspecified atom stereocenters. The fourth-order valence-corrected chi connectivity index (χ4v) is 9.31. The average molecular weight is 674 g/mol. The van der Waals surface area contributed by atoms with Crippen molar-refractivity contribution < 1.29 is 33.4 Å². The fourth-order valence-electron chi connectivity index (χ4n) is 9.31. The number of carbonyl (C=O) groups excluding carboxylic acids is 4. The lowest BCUT2D eigenvalue weighted by atomic mass is 9.58. The number of nitrogens with zero attached hydrogens (tertiary/aromatic N) is 1. The number of fused-ring (bicyclic) bond motifs is 3. The highest BCUT2D eigenvalue weighted by atomic mass is 16.5. The number of ketones is 4. The van der Waals surface area contributed by atoms with Crippen molar-refractivity contribution in [2.45, 2.75) is 114 Å². The van der Waals surface area contributed by atoms with Crippen molar-refractivity contribution in [3.05, 3.63) is 39.9 Å². The molecule has 0 amide bonds. The number of allylic oxidation sites excluding steroid dienone is 4. The van der Waals surface area contributed by atoms with Crippen LogP contribution in [0.2, 0.25) is 0 Å². The van der Waals surface area contributed by atoms with E-state index < -0.39 is 33.5 Å². The summed E-state index contributed by atoms with van der Waals surface area (Å²) in [6.45, 7) is 26.1. The van der Waals surface area contributed by atoms with Gasteiger partial charge in [0.05, 0.1) is 28.3 Å². The molecule has 3 heterocycles. The standard InChI is InChI=1S/C41H55NO7/c1-21(2)25-27-23(47-19-15-18-42-16-13-14-17-42)20-24-28(31(27)49-35-30(25)33(44)39(7,8)37(46)41(35,11)12)26(22(3)4)29-32(43)38(5,6)36(45)40(9,10)34(29)48-24/h20-22,25-26H,13-19H2,1-12H3/t25-,26+/m0/s1. The van der Waals surface area contributed by atoms with Crippen molar-refractivity contribution in [3.63, 3.8) is 0 Å². The predicted octanol–water partition coefficient (Wildman–Crippen LogP) is 7.73. The van der Waals surface area contributed by atoms with Gasteiger partial charge in [-0.25, -0.2) is 0 Å². The van der Waals surface area contributed by atoms with Gasteiger partial charge in [-0.15, -0.1) is 0 Å². The van der Waals surface area contributed by atoms with Gasteiger partial charge in [-0.05, 0) is 99.6 Å². The van der Waals surface area contributed by atoms with Crippen LogP contribution >= 0.6 is 0 Å². The number of benzene rings is 1. The summed E-state index contributed by atoms with van der Waals surface area (Å²) in [6, 6.07) is 1.90. The first-order valence-corrected chi connectivity index (χ1v) is 18.3. The molecular weight excluding hydrogens is 618 g/mol. The molecule has 266 valence electrons. The highest BCUT2D eigenvalue weighted by Gasteiger charge is 2.61. The second kappa shape index (κ2) is 11.6. The maximum atomic E-state index is 14.4. The van der Waals surface area contributed by atoms with Gasteiger partial charge in [0.25, 0.3) is 0 Å². The van der Waals surface area contributed by atoms with E-state index in [4.69, 9.17) is 14.2 Å². The van der Waals surface area contributed by atoms with E-state index in [1.807, 2.05) is 33.8 Å². The predicted molar refractivity (Wildman–Crippen MR) is 188 cm³/mol. The van der Waals surface area contributed by atoms with E-state index in [0.29, 0.717) is 52.1 Å². The van der Waals surface area contributed by atoms with Crippen molar-refractivity contribution in [1.82, 2.24) is 4.90 Å². The van der Waals surface area contributed by atoms with Gasteiger partial charge in [0, 0.05) is 46.7 Å². The molecule has 0 aromatic heterocycles. The number of Topliss-reactive ketones (excluding diaryl/α,β-unsaturated/α-hetero) is 4. The Kier molecular flexibility index (Phi) is 8.45. The lowest BCUT2D eigenvalue weighted by Crippen LogP contribution is -2.53. The number of rotatable bonds is 7. The van der Waals surface area contributed by atoms with Gasteiger partial charge in [-0.3, -0.25) is 19.2 Å². The molecule has 0 spiro atoms. The first-order valence-electron chi connectivity index (χ1n) is 18.3. The summed E-state index contributed by atoms with van der Waals surface area (Å²) in [6.07, 6.45) is 3.27. The molecule has 3 aliphatic heterocycles. The van der Waals surface area contributed by atoms with Gasteiger partial charge in [0.15, 0.2) is 23.1 Å². The van der Waals surface area contributed by atoms with Crippen molar-refractivity contribution in [1.29, 1.82) is 0 Å². The van der Waals surface area contributed by atoms with Crippen LogP contribution < -0.4 is 14.2 Å². The molecule has 0 saturated carbocycles. The summed E-state index contributed by atoms with van der Waals surface area (Å²) in [5.41, 5.74) is -2.08. The highest BCUT2D eigenvalue weighted by molar-refractivity contribution is 6.21. The van der Waals surface area contributed by atoms with Crippen molar-refractivity contribution in [2.75, 3.05) is 26.2 Å². The molecule has 8 nitrogen and oxygen atoms in total.